The van der Waals surface area contributed by atoms with Crippen LogP contribution in [0, 0.1) is 10.1 Å². The lowest BCUT2D eigenvalue weighted by atomic mass is 10.1. The Labute approximate surface area is 139 Å². The standard InChI is InChI=1S/C16H20N4O4/c1-23-13-2-3-14-15(12-13)17-5-4-16(14)19-8-6-18(7-9-19)10-11-24-20(21)22/h2-5,12H,6-11H2,1H3. The average molecular weight is 332 g/mol. The summed E-state index contributed by atoms with van der Waals surface area (Å²) in [5.41, 5.74) is 2.07. The first-order valence-electron chi connectivity index (χ1n) is 7.85. The molecule has 1 fully saturated rings. The van der Waals surface area contributed by atoms with E-state index in [-0.39, 0.29) is 6.61 Å². The number of piperazine rings is 1. The third-order valence-corrected chi connectivity index (χ3v) is 4.24. The van der Waals surface area contributed by atoms with Gasteiger partial charge >= 0.3 is 0 Å². The molecule has 3 rings (SSSR count). The minimum Gasteiger partial charge on any atom is -0.497 e. The topological polar surface area (TPSA) is 81.0 Å². The zero-order chi connectivity index (χ0) is 16.9. The van der Waals surface area contributed by atoms with Crippen molar-refractivity contribution >= 4 is 16.6 Å². The molecular weight excluding hydrogens is 312 g/mol. The summed E-state index contributed by atoms with van der Waals surface area (Å²) >= 11 is 0. The molecule has 0 amide bonds. The molecule has 8 nitrogen and oxygen atoms in total. The number of hydrogen-bond donors (Lipinski definition) is 0. The number of nitrogens with zero attached hydrogens (tertiary/aromatic N) is 4. The van der Waals surface area contributed by atoms with E-state index in [0.29, 0.717) is 6.54 Å². The summed E-state index contributed by atoms with van der Waals surface area (Å²) < 4.78 is 5.26. The van der Waals surface area contributed by atoms with Crippen LogP contribution in [0.25, 0.3) is 10.9 Å². The van der Waals surface area contributed by atoms with Gasteiger partial charge in [-0.05, 0) is 18.2 Å². The molecule has 128 valence electrons. The molecule has 1 aromatic heterocycles. The fourth-order valence-electron chi connectivity index (χ4n) is 2.97. The number of hydrogen-bond acceptors (Lipinski definition) is 7. The van der Waals surface area contributed by atoms with Crippen LogP contribution in [0.15, 0.2) is 30.5 Å². The van der Waals surface area contributed by atoms with Crippen LogP contribution in [0.1, 0.15) is 0 Å². The highest BCUT2D eigenvalue weighted by molar-refractivity contribution is 5.92. The van der Waals surface area contributed by atoms with Crippen LogP contribution >= 0.6 is 0 Å². The lowest BCUT2D eigenvalue weighted by Crippen LogP contribution is -2.47. The summed E-state index contributed by atoms with van der Waals surface area (Å²) in [5, 5.41) is 10.5. The lowest BCUT2D eigenvalue weighted by molar-refractivity contribution is -0.757. The van der Waals surface area contributed by atoms with Gasteiger partial charge in [0.25, 0.3) is 5.09 Å². The average Bonchev–Trinajstić information content (AvgIpc) is 2.61. The number of anilines is 1. The molecule has 0 radical (unpaired) electrons. The normalized spacial score (nSPS) is 15.5. The Kier molecular flexibility index (Phi) is 4.95. The smallest absolute Gasteiger partial charge is 0.294 e. The van der Waals surface area contributed by atoms with Crippen molar-refractivity contribution in [3.63, 3.8) is 0 Å². The summed E-state index contributed by atoms with van der Waals surface area (Å²) in [5.74, 6) is 0.794. The largest absolute Gasteiger partial charge is 0.497 e. The van der Waals surface area contributed by atoms with Crippen molar-refractivity contribution in [3.8, 4) is 5.75 Å². The van der Waals surface area contributed by atoms with Crippen molar-refractivity contribution < 1.29 is 14.7 Å². The molecule has 1 aliphatic rings. The molecule has 1 aromatic carbocycles. The number of rotatable bonds is 6. The summed E-state index contributed by atoms with van der Waals surface area (Å²) in [7, 11) is 1.65. The van der Waals surface area contributed by atoms with E-state index in [1.807, 2.05) is 30.5 Å². The van der Waals surface area contributed by atoms with Crippen LogP contribution in [0.4, 0.5) is 5.69 Å². The van der Waals surface area contributed by atoms with Crippen molar-refractivity contribution in [2.75, 3.05) is 51.3 Å². The minimum atomic E-state index is -0.742. The van der Waals surface area contributed by atoms with Crippen LogP contribution in [0.5, 0.6) is 5.75 Å². The molecular formula is C16H20N4O4. The van der Waals surface area contributed by atoms with E-state index in [0.717, 1.165) is 48.5 Å². The molecule has 0 saturated carbocycles. The molecule has 0 atom stereocenters. The minimum absolute atomic E-state index is 0.116. The molecule has 0 spiro atoms. The Morgan fingerprint density at radius 3 is 2.75 bits per heavy atom. The molecule has 24 heavy (non-hydrogen) atoms. The van der Waals surface area contributed by atoms with Gasteiger partial charge in [-0.25, -0.2) is 0 Å². The van der Waals surface area contributed by atoms with E-state index in [2.05, 4.69) is 19.6 Å². The van der Waals surface area contributed by atoms with Gasteiger partial charge in [-0.2, -0.15) is 0 Å². The monoisotopic (exact) mass is 332 g/mol. The number of benzene rings is 1. The van der Waals surface area contributed by atoms with Crippen molar-refractivity contribution in [1.82, 2.24) is 9.88 Å². The predicted octanol–water partition coefficient (Wildman–Crippen LogP) is 1.57. The summed E-state index contributed by atoms with van der Waals surface area (Å²) in [6, 6.07) is 7.94. The van der Waals surface area contributed by atoms with Gasteiger partial charge < -0.3 is 14.5 Å². The first kappa shape index (κ1) is 16.3. The van der Waals surface area contributed by atoms with Crippen molar-refractivity contribution in [2.24, 2.45) is 0 Å². The first-order valence-corrected chi connectivity index (χ1v) is 7.85. The van der Waals surface area contributed by atoms with Gasteiger partial charge in [0.2, 0.25) is 0 Å². The molecule has 8 heteroatoms. The second-order valence-corrected chi connectivity index (χ2v) is 5.60. The van der Waals surface area contributed by atoms with Gasteiger partial charge in [0.1, 0.15) is 12.4 Å². The third-order valence-electron chi connectivity index (χ3n) is 4.24. The molecule has 2 aromatic rings. The Hall–Kier alpha value is -2.61. The van der Waals surface area contributed by atoms with Crippen LogP contribution in [-0.4, -0.2) is 61.4 Å². The van der Waals surface area contributed by atoms with Crippen LogP contribution < -0.4 is 9.64 Å². The van der Waals surface area contributed by atoms with Crippen LogP contribution in [0.3, 0.4) is 0 Å². The Morgan fingerprint density at radius 1 is 1.25 bits per heavy atom. The van der Waals surface area contributed by atoms with Gasteiger partial charge in [-0.1, -0.05) is 0 Å². The molecule has 0 N–H and O–H groups in total. The maximum absolute atomic E-state index is 10.2. The van der Waals surface area contributed by atoms with Crippen LogP contribution in [-0.2, 0) is 4.84 Å². The lowest BCUT2D eigenvalue weighted by Gasteiger charge is -2.36. The van der Waals surface area contributed by atoms with E-state index in [1.54, 1.807) is 7.11 Å². The maximum Gasteiger partial charge on any atom is 0.294 e. The van der Waals surface area contributed by atoms with Gasteiger partial charge in [0, 0.05) is 56.1 Å². The zero-order valence-electron chi connectivity index (χ0n) is 13.6. The fourth-order valence-corrected chi connectivity index (χ4v) is 2.97. The summed E-state index contributed by atoms with van der Waals surface area (Å²) in [6.45, 7) is 4.11. The predicted molar refractivity (Wildman–Crippen MR) is 89.9 cm³/mol. The second-order valence-electron chi connectivity index (χ2n) is 5.60. The molecule has 2 heterocycles. The van der Waals surface area contributed by atoms with Gasteiger partial charge in [-0.15, -0.1) is 10.1 Å². The molecule has 1 aliphatic heterocycles. The van der Waals surface area contributed by atoms with Gasteiger partial charge in [0.15, 0.2) is 0 Å². The van der Waals surface area contributed by atoms with Crippen molar-refractivity contribution in [3.05, 3.63) is 40.6 Å². The number of ether oxygens (including phenoxy) is 1. The van der Waals surface area contributed by atoms with E-state index in [1.165, 1.54) is 0 Å². The van der Waals surface area contributed by atoms with Crippen molar-refractivity contribution in [1.29, 1.82) is 0 Å². The highest BCUT2D eigenvalue weighted by Crippen LogP contribution is 2.28. The molecule has 1 saturated heterocycles. The quantitative estimate of drug-likeness (QED) is 0.587. The Balaban J connectivity index is 1.66. The number of methoxy groups -OCH3 is 1. The number of pyridine rings is 1. The molecule has 0 unspecified atom stereocenters. The Morgan fingerprint density at radius 2 is 2.04 bits per heavy atom. The highest BCUT2D eigenvalue weighted by Gasteiger charge is 2.19. The van der Waals surface area contributed by atoms with E-state index < -0.39 is 5.09 Å². The number of aromatic nitrogens is 1. The fraction of sp³-hybridized carbons (Fsp3) is 0.438. The van der Waals surface area contributed by atoms with E-state index >= 15 is 0 Å². The number of fused-ring (bicyclic) bond motifs is 1. The van der Waals surface area contributed by atoms with E-state index in [9.17, 15) is 10.1 Å². The molecule has 0 bridgehead atoms. The SMILES string of the molecule is COc1ccc2c(N3CCN(CCO[N+](=O)[O-])CC3)ccnc2c1. The summed E-state index contributed by atoms with van der Waals surface area (Å²) in [4.78, 5) is 23.5. The molecule has 0 aliphatic carbocycles. The highest BCUT2D eigenvalue weighted by atomic mass is 16.9. The Bertz CT molecular complexity index is 716. The maximum atomic E-state index is 10.2. The third kappa shape index (κ3) is 3.65. The van der Waals surface area contributed by atoms with Gasteiger partial charge in [0.05, 0.1) is 12.6 Å². The zero-order valence-corrected chi connectivity index (χ0v) is 13.6. The first-order chi connectivity index (χ1) is 11.7. The van der Waals surface area contributed by atoms with Crippen molar-refractivity contribution in [2.45, 2.75) is 0 Å². The van der Waals surface area contributed by atoms with Gasteiger partial charge in [-0.3, -0.25) is 9.88 Å². The van der Waals surface area contributed by atoms with Crippen LogP contribution in [0.2, 0.25) is 0 Å². The second kappa shape index (κ2) is 7.31. The van der Waals surface area contributed by atoms with E-state index in [4.69, 9.17) is 4.74 Å². The summed E-state index contributed by atoms with van der Waals surface area (Å²) in [6.07, 6.45) is 1.81.